The van der Waals surface area contributed by atoms with Gasteiger partial charge in [-0.05, 0) is 44.5 Å². The van der Waals surface area contributed by atoms with Gasteiger partial charge in [-0.3, -0.25) is 4.99 Å². The Morgan fingerprint density at radius 2 is 1.81 bits per heavy atom. The molecule has 0 unspecified atom stereocenters. The van der Waals surface area contributed by atoms with E-state index in [0.717, 1.165) is 44.4 Å². The van der Waals surface area contributed by atoms with Crippen LogP contribution >= 0.6 is 0 Å². The number of rotatable bonds is 8. The van der Waals surface area contributed by atoms with E-state index in [1.807, 2.05) is 19.1 Å². The first-order valence-corrected chi connectivity index (χ1v) is 11.1. The first kappa shape index (κ1) is 21.4. The molecule has 1 saturated heterocycles. The lowest BCUT2D eigenvalue weighted by molar-refractivity contribution is 0.372. The van der Waals surface area contributed by atoms with Gasteiger partial charge < -0.3 is 15.1 Å². The number of sulfonamides is 1. The molecule has 0 radical (unpaired) electrons. The highest BCUT2D eigenvalue weighted by Gasteiger charge is 2.19. The average molecular weight is 400 g/mol. The summed E-state index contributed by atoms with van der Waals surface area (Å²) in [6, 6.07) is 6.59. The van der Waals surface area contributed by atoms with E-state index in [0.29, 0.717) is 19.5 Å². The summed E-state index contributed by atoms with van der Waals surface area (Å²) in [7, 11) is -3.14. The minimum absolute atomic E-state index is 0.0945. The Hall–Kier alpha value is -1.87. The van der Waals surface area contributed by atoms with Gasteiger partial charge in [-0.2, -0.15) is 0 Å². The Balaban J connectivity index is 1.83. The molecule has 0 aliphatic carbocycles. The fourth-order valence-electron chi connectivity index (χ4n) is 2.85. The van der Waals surface area contributed by atoms with Gasteiger partial charge in [0.1, 0.15) is 5.82 Å². The molecule has 1 aliphatic rings. The van der Waals surface area contributed by atoms with Crippen LogP contribution in [0.5, 0.6) is 0 Å². The Labute approximate surface area is 161 Å². The van der Waals surface area contributed by atoms with Gasteiger partial charge in [0, 0.05) is 51.5 Å². The van der Waals surface area contributed by atoms with Crippen molar-refractivity contribution in [2.24, 2.45) is 4.99 Å². The Kier molecular flexibility index (Phi) is 8.30. The highest BCUT2D eigenvalue weighted by molar-refractivity contribution is 7.89. The first-order valence-electron chi connectivity index (χ1n) is 9.46. The quantitative estimate of drug-likeness (QED) is 0.391. The first-order chi connectivity index (χ1) is 12.9. The lowest BCUT2D eigenvalue weighted by Gasteiger charge is -2.37. The van der Waals surface area contributed by atoms with E-state index in [2.05, 4.69) is 24.8 Å². The number of hydrogen-bond donors (Lipinski definition) is 2. The highest BCUT2D eigenvalue weighted by atomic mass is 32.2. The standard InChI is InChI=1S/C18H30FN5O2S/c1-3-20-18(21-10-5-11-22-27(25,26)4-2)24-14-12-23(13-15-24)17-8-6-16(19)7-9-17/h6-9,22H,3-5,10-15H2,1-2H3,(H,20,21). The van der Waals surface area contributed by atoms with Crippen molar-refractivity contribution in [2.45, 2.75) is 20.3 Å². The summed E-state index contributed by atoms with van der Waals surface area (Å²) >= 11 is 0. The van der Waals surface area contributed by atoms with Gasteiger partial charge in [0.05, 0.1) is 5.75 Å². The fraction of sp³-hybridized carbons (Fsp3) is 0.611. The summed E-state index contributed by atoms with van der Waals surface area (Å²) in [5.74, 6) is 0.729. The molecule has 0 amide bonds. The monoisotopic (exact) mass is 399 g/mol. The average Bonchev–Trinajstić information content (AvgIpc) is 2.68. The van der Waals surface area contributed by atoms with E-state index in [9.17, 15) is 12.8 Å². The van der Waals surface area contributed by atoms with E-state index < -0.39 is 10.0 Å². The summed E-state index contributed by atoms with van der Waals surface area (Å²) in [6.07, 6.45) is 0.656. The molecule has 0 spiro atoms. The number of halogens is 1. The molecule has 2 N–H and O–H groups in total. The van der Waals surface area contributed by atoms with Crippen LogP contribution in [-0.4, -0.2) is 70.8 Å². The highest BCUT2D eigenvalue weighted by Crippen LogP contribution is 2.16. The molecule has 152 valence electrons. The van der Waals surface area contributed by atoms with Crippen molar-refractivity contribution in [3.63, 3.8) is 0 Å². The van der Waals surface area contributed by atoms with Crippen LogP contribution in [0, 0.1) is 5.82 Å². The van der Waals surface area contributed by atoms with E-state index in [-0.39, 0.29) is 11.6 Å². The third kappa shape index (κ3) is 6.99. The van der Waals surface area contributed by atoms with Crippen LogP contribution in [0.1, 0.15) is 20.3 Å². The molecule has 1 aromatic carbocycles. The molecule has 1 fully saturated rings. The predicted molar refractivity (Wildman–Crippen MR) is 108 cm³/mol. The molecule has 0 aromatic heterocycles. The molecule has 0 bridgehead atoms. The van der Waals surface area contributed by atoms with Gasteiger partial charge in [0.15, 0.2) is 5.96 Å². The maximum Gasteiger partial charge on any atom is 0.211 e. The van der Waals surface area contributed by atoms with Crippen molar-refractivity contribution >= 4 is 21.7 Å². The zero-order valence-corrected chi connectivity index (χ0v) is 16.9. The summed E-state index contributed by atoms with van der Waals surface area (Å²) in [5, 5.41) is 3.30. The molecule has 9 heteroatoms. The van der Waals surface area contributed by atoms with Crippen molar-refractivity contribution in [3.8, 4) is 0 Å². The number of hydrogen-bond acceptors (Lipinski definition) is 4. The van der Waals surface area contributed by atoms with Crippen molar-refractivity contribution in [2.75, 3.05) is 56.5 Å². The Morgan fingerprint density at radius 1 is 1.15 bits per heavy atom. The third-order valence-corrected chi connectivity index (χ3v) is 5.81. The van der Waals surface area contributed by atoms with Gasteiger partial charge in [-0.15, -0.1) is 0 Å². The molecule has 1 aliphatic heterocycles. The van der Waals surface area contributed by atoms with Crippen molar-refractivity contribution in [1.29, 1.82) is 0 Å². The zero-order valence-electron chi connectivity index (χ0n) is 16.1. The van der Waals surface area contributed by atoms with Gasteiger partial charge in [0.2, 0.25) is 10.0 Å². The molecule has 27 heavy (non-hydrogen) atoms. The Bertz CT molecular complexity index is 701. The lowest BCUT2D eigenvalue weighted by atomic mass is 10.2. The van der Waals surface area contributed by atoms with E-state index in [1.165, 1.54) is 12.1 Å². The van der Waals surface area contributed by atoms with Crippen LogP contribution in [0.3, 0.4) is 0 Å². The van der Waals surface area contributed by atoms with Crippen LogP contribution in [0.15, 0.2) is 29.3 Å². The fourth-order valence-corrected chi connectivity index (χ4v) is 3.51. The number of benzene rings is 1. The summed E-state index contributed by atoms with van der Waals surface area (Å²) in [6.45, 7) is 8.72. The zero-order chi connectivity index (χ0) is 19.7. The number of piperazine rings is 1. The maximum absolute atomic E-state index is 13.1. The maximum atomic E-state index is 13.1. The van der Waals surface area contributed by atoms with Crippen molar-refractivity contribution in [1.82, 2.24) is 14.9 Å². The second-order valence-corrected chi connectivity index (χ2v) is 8.43. The van der Waals surface area contributed by atoms with E-state index in [1.54, 1.807) is 6.92 Å². The number of anilines is 1. The van der Waals surface area contributed by atoms with Crippen LogP contribution in [0.4, 0.5) is 10.1 Å². The molecule has 2 rings (SSSR count). The van der Waals surface area contributed by atoms with Gasteiger partial charge >= 0.3 is 0 Å². The molecule has 1 heterocycles. The topological polar surface area (TPSA) is 77.0 Å². The minimum Gasteiger partial charge on any atom is -0.368 e. The summed E-state index contributed by atoms with van der Waals surface area (Å²) < 4.78 is 38.5. The molecule has 7 nitrogen and oxygen atoms in total. The van der Waals surface area contributed by atoms with Crippen molar-refractivity contribution < 1.29 is 12.8 Å². The van der Waals surface area contributed by atoms with Crippen molar-refractivity contribution in [3.05, 3.63) is 30.1 Å². The van der Waals surface area contributed by atoms with E-state index in [4.69, 9.17) is 0 Å². The number of nitrogens with one attached hydrogen (secondary N) is 2. The molecular formula is C18H30FN5O2S. The van der Waals surface area contributed by atoms with Gasteiger partial charge in [-0.1, -0.05) is 0 Å². The minimum atomic E-state index is -3.14. The van der Waals surface area contributed by atoms with Crippen LogP contribution in [0.2, 0.25) is 0 Å². The molecule has 0 atom stereocenters. The second-order valence-electron chi connectivity index (χ2n) is 6.34. The smallest absolute Gasteiger partial charge is 0.211 e. The Morgan fingerprint density at radius 3 is 2.41 bits per heavy atom. The predicted octanol–water partition coefficient (Wildman–Crippen LogP) is 1.24. The van der Waals surface area contributed by atoms with Gasteiger partial charge in [0.25, 0.3) is 0 Å². The summed E-state index contributed by atoms with van der Waals surface area (Å²) in [5.41, 5.74) is 1.03. The van der Waals surface area contributed by atoms with Gasteiger partial charge in [-0.25, -0.2) is 17.5 Å². The van der Waals surface area contributed by atoms with E-state index >= 15 is 0 Å². The SMILES string of the molecule is CCNC(=NCCCNS(=O)(=O)CC)N1CCN(c2ccc(F)cc2)CC1. The number of guanidine groups is 1. The van der Waals surface area contributed by atoms with Crippen LogP contribution in [-0.2, 0) is 10.0 Å². The molecular weight excluding hydrogens is 369 g/mol. The molecule has 1 aromatic rings. The van der Waals surface area contributed by atoms with Crippen LogP contribution < -0.4 is 14.9 Å². The number of nitrogens with zero attached hydrogens (tertiary/aromatic N) is 3. The largest absolute Gasteiger partial charge is 0.368 e. The molecule has 0 saturated carbocycles. The normalized spacial score (nSPS) is 15.9. The van der Waals surface area contributed by atoms with Crippen LogP contribution in [0.25, 0.3) is 0 Å². The number of aliphatic imine (C=N–C) groups is 1. The summed E-state index contributed by atoms with van der Waals surface area (Å²) in [4.78, 5) is 9.06. The third-order valence-electron chi connectivity index (χ3n) is 4.40. The second kappa shape index (κ2) is 10.5. The lowest BCUT2D eigenvalue weighted by Crippen LogP contribution is -2.52.